The second-order valence-corrected chi connectivity index (χ2v) is 7.52. The molecule has 9 heteroatoms. The Bertz CT molecular complexity index is 956. The number of nitriles is 1. The van der Waals surface area contributed by atoms with Crippen molar-refractivity contribution in [2.75, 3.05) is 13.2 Å². The van der Waals surface area contributed by atoms with Gasteiger partial charge < -0.3 is 20.7 Å². The average molecular weight is 402 g/mol. The van der Waals surface area contributed by atoms with E-state index in [0.29, 0.717) is 24.1 Å². The van der Waals surface area contributed by atoms with Crippen LogP contribution in [0.1, 0.15) is 31.4 Å². The predicted molar refractivity (Wildman–Crippen MR) is 97.5 cm³/mol. The molecule has 0 aliphatic carbocycles. The Labute approximate surface area is 166 Å². The summed E-state index contributed by atoms with van der Waals surface area (Å²) in [6, 6.07) is 2.69. The molecule has 4 atom stereocenters. The Morgan fingerprint density at radius 2 is 2.21 bits per heavy atom. The van der Waals surface area contributed by atoms with E-state index in [-0.39, 0.29) is 42.2 Å². The van der Waals surface area contributed by atoms with Crippen LogP contribution in [0.3, 0.4) is 0 Å². The van der Waals surface area contributed by atoms with Crippen molar-refractivity contribution in [1.29, 1.82) is 5.26 Å². The minimum absolute atomic E-state index is 0.0171. The molecule has 1 fully saturated rings. The SMILES string of the molecule is CC1=C(CC(=O)NC2COc3cc(F)cc(F)c32)C(=O)NC2CCNC(C#N)C12. The van der Waals surface area contributed by atoms with Gasteiger partial charge in [-0.25, -0.2) is 8.78 Å². The number of hydrogen-bond donors (Lipinski definition) is 3. The number of ether oxygens (including phenoxy) is 1. The summed E-state index contributed by atoms with van der Waals surface area (Å²) in [5, 5.41) is 18.1. The predicted octanol–water partition coefficient (Wildman–Crippen LogP) is 1.22. The highest BCUT2D eigenvalue weighted by Gasteiger charge is 2.41. The number of hydrogen-bond acceptors (Lipinski definition) is 5. The summed E-state index contributed by atoms with van der Waals surface area (Å²) in [5.41, 5.74) is 1.12. The molecule has 1 aromatic rings. The van der Waals surface area contributed by atoms with E-state index in [2.05, 4.69) is 22.0 Å². The van der Waals surface area contributed by atoms with Crippen LogP contribution in [-0.4, -0.2) is 37.0 Å². The van der Waals surface area contributed by atoms with Crippen molar-refractivity contribution in [3.05, 3.63) is 40.5 Å². The fourth-order valence-electron chi connectivity index (χ4n) is 4.42. The molecule has 0 radical (unpaired) electrons. The molecule has 29 heavy (non-hydrogen) atoms. The molecule has 4 unspecified atom stereocenters. The van der Waals surface area contributed by atoms with E-state index in [4.69, 9.17) is 4.74 Å². The van der Waals surface area contributed by atoms with Crippen LogP contribution in [-0.2, 0) is 9.59 Å². The van der Waals surface area contributed by atoms with Gasteiger partial charge in [0.1, 0.15) is 30.0 Å². The van der Waals surface area contributed by atoms with E-state index in [1.807, 2.05) is 0 Å². The molecule has 1 saturated heterocycles. The van der Waals surface area contributed by atoms with E-state index < -0.39 is 29.6 Å². The van der Waals surface area contributed by atoms with Crippen LogP contribution in [0, 0.1) is 28.9 Å². The number of carbonyl (C=O) groups is 2. The standard InChI is InChI=1S/C20H20F2N4O3/c1-9-11(20(28)26-13-2-3-24-14(7-23)18(9)13)6-17(27)25-15-8-29-16-5-10(21)4-12(22)19(15)16/h4-5,13-15,18,24H,2-3,6,8H2,1H3,(H,25,27)(H,26,28). The van der Waals surface area contributed by atoms with Gasteiger partial charge in [0.05, 0.1) is 24.1 Å². The van der Waals surface area contributed by atoms with Crippen LogP contribution in [0.5, 0.6) is 5.75 Å². The molecular weight excluding hydrogens is 382 g/mol. The van der Waals surface area contributed by atoms with E-state index in [0.717, 1.165) is 12.1 Å². The second-order valence-electron chi connectivity index (χ2n) is 7.52. The van der Waals surface area contributed by atoms with Gasteiger partial charge in [0, 0.05) is 29.7 Å². The van der Waals surface area contributed by atoms with Crippen LogP contribution in [0.2, 0.25) is 0 Å². The molecule has 0 bridgehead atoms. The fraction of sp³-hybridized carbons (Fsp3) is 0.450. The summed E-state index contributed by atoms with van der Waals surface area (Å²) in [4.78, 5) is 25.1. The largest absolute Gasteiger partial charge is 0.490 e. The molecule has 0 saturated carbocycles. The topological polar surface area (TPSA) is 103 Å². The van der Waals surface area contributed by atoms with Gasteiger partial charge in [-0.2, -0.15) is 5.26 Å². The van der Waals surface area contributed by atoms with Crippen molar-refractivity contribution >= 4 is 11.8 Å². The molecule has 0 aromatic heterocycles. The maximum Gasteiger partial charge on any atom is 0.247 e. The van der Waals surface area contributed by atoms with E-state index in [9.17, 15) is 23.6 Å². The van der Waals surface area contributed by atoms with E-state index >= 15 is 0 Å². The van der Waals surface area contributed by atoms with Crippen molar-refractivity contribution in [2.45, 2.75) is 37.9 Å². The minimum Gasteiger partial charge on any atom is -0.490 e. The van der Waals surface area contributed by atoms with Crippen molar-refractivity contribution in [1.82, 2.24) is 16.0 Å². The van der Waals surface area contributed by atoms with Gasteiger partial charge in [0.2, 0.25) is 11.8 Å². The molecule has 3 aliphatic rings. The van der Waals surface area contributed by atoms with Gasteiger partial charge in [-0.3, -0.25) is 9.59 Å². The molecule has 152 valence electrons. The van der Waals surface area contributed by atoms with Crippen LogP contribution in [0.15, 0.2) is 23.3 Å². The third kappa shape index (κ3) is 3.44. The first kappa shape index (κ1) is 19.3. The number of benzene rings is 1. The highest BCUT2D eigenvalue weighted by Crippen LogP contribution is 2.36. The lowest BCUT2D eigenvalue weighted by atomic mass is 9.76. The number of piperidine rings is 1. The summed E-state index contributed by atoms with van der Waals surface area (Å²) in [6.45, 7) is 2.39. The summed E-state index contributed by atoms with van der Waals surface area (Å²) in [6.07, 6.45) is 0.505. The third-order valence-corrected chi connectivity index (χ3v) is 5.80. The van der Waals surface area contributed by atoms with Crippen molar-refractivity contribution in [2.24, 2.45) is 5.92 Å². The first-order chi connectivity index (χ1) is 13.9. The third-order valence-electron chi connectivity index (χ3n) is 5.80. The summed E-state index contributed by atoms with van der Waals surface area (Å²) in [5.74, 6) is -2.49. The summed E-state index contributed by atoms with van der Waals surface area (Å²) >= 11 is 0. The highest BCUT2D eigenvalue weighted by atomic mass is 19.1. The van der Waals surface area contributed by atoms with Crippen LogP contribution in [0.25, 0.3) is 0 Å². The first-order valence-electron chi connectivity index (χ1n) is 9.43. The van der Waals surface area contributed by atoms with Crippen molar-refractivity contribution in [3.8, 4) is 11.8 Å². The molecule has 4 rings (SSSR count). The zero-order chi connectivity index (χ0) is 20.7. The molecule has 7 nitrogen and oxygen atoms in total. The van der Waals surface area contributed by atoms with Gasteiger partial charge in [-0.05, 0) is 19.9 Å². The zero-order valence-corrected chi connectivity index (χ0v) is 15.7. The maximum absolute atomic E-state index is 14.1. The number of carbonyl (C=O) groups excluding carboxylic acids is 2. The molecule has 3 heterocycles. The molecule has 1 aromatic carbocycles. The number of nitrogens with zero attached hydrogens (tertiary/aromatic N) is 1. The van der Waals surface area contributed by atoms with Gasteiger partial charge in [-0.15, -0.1) is 0 Å². The van der Waals surface area contributed by atoms with Crippen molar-refractivity contribution < 1.29 is 23.1 Å². The quantitative estimate of drug-likeness (QED) is 0.706. The fourth-order valence-corrected chi connectivity index (χ4v) is 4.42. The number of halogens is 2. The lowest BCUT2D eigenvalue weighted by Gasteiger charge is -2.41. The van der Waals surface area contributed by atoms with E-state index in [1.165, 1.54) is 0 Å². The lowest BCUT2D eigenvalue weighted by molar-refractivity contribution is -0.124. The normalized spacial score (nSPS) is 28.0. The first-order valence-corrected chi connectivity index (χ1v) is 9.43. The molecule has 3 N–H and O–H groups in total. The highest BCUT2D eigenvalue weighted by molar-refractivity contribution is 6.00. The Morgan fingerprint density at radius 3 is 2.97 bits per heavy atom. The second kappa shape index (κ2) is 7.44. The van der Waals surface area contributed by atoms with Gasteiger partial charge in [0.15, 0.2) is 0 Å². The van der Waals surface area contributed by atoms with Gasteiger partial charge >= 0.3 is 0 Å². The number of nitrogens with one attached hydrogen (secondary N) is 3. The minimum atomic E-state index is -0.790. The maximum atomic E-state index is 14.1. The number of amides is 2. The molecule has 3 aliphatic heterocycles. The molecule has 2 amide bonds. The van der Waals surface area contributed by atoms with E-state index in [1.54, 1.807) is 6.92 Å². The Hall–Kier alpha value is -2.99. The number of rotatable bonds is 3. The monoisotopic (exact) mass is 402 g/mol. The zero-order valence-electron chi connectivity index (χ0n) is 15.7. The Kier molecular flexibility index (Phi) is 4.96. The van der Waals surface area contributed by atoms with Crippen LogP contribution >= 0.6 is 0 Å². The molecular formula is C20H20F2N4O3. The summed E-state index contributed by atoms with van der Waals surface area (Å²) < 4.78 is 32.7. The van der Waals surface area contributed by atoms with Crippen LogP contribution < -0.4 is 20.7 Å². The summed E-state index contributed by atoms with van der Waals surface area (Å²) in [7, 11) is 0. The van der Waals surface area contributed by atoms with Gasteiger partial charge in [-0.1, -0.05) is 5.57 Å². The average Bonchev–Trinajstić information content (AvgIpc) is 3.07. The van der Waals surface area contributed by atoms with Crippen LogP contribution in [0.4, 0.5) is 8.78 Å². The van der Waals surface area contributed by atoms with Gasteiger partial charge in [0.25, 0.3) is 0 Å². The smallest absolute Gasteiger partial charge is 0.247 e. The Balaban J connectivity index is 1.52. The molecule has 0 spiro atoms. The number of fused-ring (bicyclic) bond motifs is 2. The Morgan fingerprint density at radius 1 is 1.41 bits per heavy atom. The lowest BCUT2D eigenvalue weighted by Crippen LogP contribution is -2.58. The van der Waals surface area contributed by atoms with Crippen molar-refractivity contribution in [3.63, 3.8) is 0 Å².